The van der Waals surface area contributed by atoms with Gasteiger partial charge in [-0.1, -0.05) is 30.3 Å². The predicted octanol–water partition coefficient (Wildman–Crippen LogP) is 3.51. The summed E-state index contributed by atoms with van der Waals surface area (Å²) in [4.78, 5) is 0. The van der Waals surface area contributed by atoms with E-state index in [2.05, 4.69) is 17.2 Å². The monoisotopic (exact) mass is 294 g/mol. The van der Waals surface area contributed by atoms with Crippen LogP contribution in [0.25, 0.3) is 11.1 Å². The number of aryl methyl sites for hydroxylation is 2. The fourth-order valence-corrected chi connectivity index (χ4v) is 2.43. The molecule has 2 aromatic carbocycles. The minimum Gasteiger partial charge on any atom is -0.508 e. The Labute approximate surface area is 129 Å². The number of methoxy groups -OCH3 is 1. The molecular weight excluding hydrogens is 276 g/mol. The molecule has 0 aliphatic carbocycles. The molecule has 0 spiro atoms. The third kappa shape index (κ3) is 3.11. The summed E-state index contributed by atoms with van der Waals surface area (Å²) in [6, 6.07) is 15.4. The van der Waals surface area contributed by atoms with E-state index in [1.807, 2.05) is 29.1 Å². The molecule has 0 bridgehead atoms. The largest absolute Gasteiger partial charge is 0.508 e. The topological polar surface area (TPSA) is 47.3 Å². The minimum atomic E-state index is 0.216. The van der Waals surface area contributed by atoms with Gasteiger partial charge in [0.1, 0.15) is 11.5 Å². The van der Waals surface area contributed by atoms with Gasteiger partial charge in [-0.2, -0.15) is 5.10 Å². The van der Waals surface area contributed by atoms with Gasteiger partial charge in [-0.15, -0.1) is 0 Å². The van der Waals surface area contributed by atoms with Gasteiger partial charge in [0.25, 0.3) is 0 Å². The number of benzene rings is 2. The van der Waals surface area contributed by atoms with Gasteiger partial charge >= 0.3 is 0 Å². The predicted molar refractivity (Wildman–Crippen MR) is 86.0 cm³/mol. The van der Waals surface area contributed by atoms with E-state index in [0.717, 1.165) is 29.8 Å². The Morgan fingerprint density at radius 1 is 1.14 bits per heavy atom. The quantitative estimate of drug-likeness (QED) is 0.783. The number of hydrogen-bond donors (Lipinski definition) is 1. The van der Waals surface area contributed by atoms with E-state index in [9.17, 15) is 5.11 Å². The van der Waals surface area contributed by atoms with Crippen molar-refractivity contribution < 1.29 is 9.84 Å². The molecule has 4 heteroatoms. The highest BCUT2D eigenvalue weighted by atomic mass is 16.5. The molecule has 0 fully saturated rings. The summed E-state index contributed by atoms with van der Waals surface area (Å²) in [7, 11) is 1.62. The van der Waals surface area contributed by atoms with Gasteiger partial charge in [-0.25, -0.2) is 0 Å². The molecule has 0 radical (unpaired) electrons. The van der Waals surface area contributed by atoms with Crippen LogP contribution in [0.5, 0.6) is 11.5 Å². The van der Waals surface area contributed by atoms with Crippen LogP contribution in [0.3, 0.4) is 0 Å². The summed E-state index contributed by atoms with van der Waals surface area (Å²) in [5, 5.41) is 14.1. The van der Waals surface area contributed by atoms with Crippen LogP contribution in [-0.2, 0) is 13.0 Å². The molecule has 112 valence electrons. The maximum absolute atomic E-state index is 9.67. The Hall–Kier alpha value is -2.75. The number of rotatable bonds is 5. The van der Waals surface area contributed by atoms with Crippen LogP contribution in [0.1, 0.15) is 5.56 Å². The van der Waals surface area contributed by atoms with Crippen molar-refractivity contribution in [3.8, 4) is 22.6 Å². The van der Waals surface area contributed by atoms with Gasteiger partial charge in [0.2, 0.25) is 0 Å². The van der Waals surface area contributed by atoms with Crippen LogP contribution in [0.15, 0.2) is 60.9 Å². The van der Waals surface area contributed by atoms with Crippen molar-refractivity contribution in [2.24, 2.45) is 0 Å². The molecule has 0 saturated carbocycles. The summed E-state index contributed by atoms with van der Waals surface area (Å²) in [5.74, 6) is 0.938. The number of phenolic OH excluding ortho intramolecular Hbond substituents is 1. The van der Waals surface area contributed by atoms with Crippen molar-refractivity contribution in [1.82, 2.24) is 9.78 Å². The summed E-state index contributed by atoms with van der Waals surface area (Å²) >= 11 is 0. The maximum atomic E-state index is 9.67. The highest BCUT2D eigenvalue weighted by molar-refractivity contribution is 5.70. The van der Waals surface area contributed by atoms with Crippen molar-refractivity contribution in [3.63, 3.8) is 0 Å². The van der Waals surface area contributed by atoms with E-state index in [0.29, 0.717) is 0 Å². The van der Waals surface area contributed by atoms with E-state index in [4.69, 9.17) is 4.74 Å². The smallest absolute Gasteiger partial charge is 0.127 e. The zero-order valence-electron chi connectivity index (χ0n) is 12.4. The second-order valence-electron chi connectivity index (χ2n) is 5.11. The maximum Gasteiger partial charge on any atom is 0.127 e. The standard InChI is InChI=1S/C18H18N2O2/c1-22-18-8-7-16(21)11-17(18)15-12-19-20(13-15)10-9-14-5-3-2-4-6-14/h2-8,11-13,21H,9-10H2,1H3. The van der Waals surface area contributed by atoms with E-state index < -0.39 is 0 Å². The number of aromatic nitrogens is 2. The lowest BCUT2D eigenvalue weighted by Crippen LogP contribution is -2.01. The van der Waals surface area contributed by atoms with Gasteiger partial charge in [0.15, 0.2) is 0 Å². The normalized spacial score (nSPS) is 10.6. The number of nitrogens with zero attached hydrogens (tertiary/aromatic N) is 2. The molecule has 0 unspecified atom stereocenters. The first-order valence-corrected chi connectivity index (χ1v) is 7.20. The van der Waals surface area contributed by atoms with Gasteiger partial charge in [-0.3, -0.25) is 4.68 Å². The summed E-state index contributed by atoms with van der Waals surface area (Å²) < 4.78 is 7.25. The molecule has 0 aliphatic heterocycles. The Morgan fingerprint density at radius 2 is 1.95 bits per heavy atom. The van der Waals surface area contributed by atoms with Crippen LogP contribution < -0.4 is 4.74 Å². The average Bonchev–Trinajstić information content (AvgIpc) is 3.03. The zero-order valence-corrected chi connectivity index (χ0v) is 12.4. The second kappa shape index (κ2) is 6.35. The van der Waals surface area contributed by atoms with E-state index in [1.54, 1.807) is 31.5 Å². The third-order valence-corrected chi connectivity index (χ3v) is 3.60. The van der Waals surface area contributed by atoms with Crippen molar-refractivity contribution in [2.75, 3.05) is 7.11 Å². The lowest BCUT2D eigenvalue weighted by Gasteiger charge is -2.07. The molecule has 0 atom stereocenters. The fourth-order valence-electron chi connectivity index (χ4n) is 2.43. The highest BCUT2D eigenvalue weighted by Gasteiger charge is 2.09. The van der Waals surface area contributed by atoms with Crippen molar-refractivity contribution in [2.45, 2.75) is 13.0 Å². The lowest BCUT2D eigenvalue weighted by molar-refractivity contribution is 0.414. The molecule has 0 aliphatic rings. The van der Waals surface area contributed by atoms with Gasteiger partial charge in [-0.05, 0) is 30.2 Å². The molecule has 0 saturated heterocycles. The molecule has 4 nitrogen and oxygen atoms in total. The zero-order chi connectivity index (χ0) is 15.4. The first kappa shape index (κ1) is 14.2. The third-order valence-electron chi connectivity index (χ3n) is 3.60. The van der Waals surface area contributed by atoms with Gasteiger partial charge in [0.05, 0.1) is 13.3 Å². The SMILES string of the molecule is COc1ccc(O)cc1-c1cnn(CCc2ccccc2)c1. The first-order chi connectivity index (χ1) is 10.8. The van der Waals surface area contributed by atoms with Crippen LogP contribution in [0.4, 0.5) is 0 Å². The number of hydrogen-bond acceptors (Lipinski definition) is 3. The van der Waals surface area contributed by atoms with Crippen molar-refractivity contribution in [3.05, 3.63) is 66.5 Å². The molecule has 1 heterocycles. The first-order valence-electron chi connectivity index (χ1n) is 7.20. The van der Waals surface area contributed by atoms with Gasteiger partial charge < -0.3 is 9.84 Å². The molecule has 3 aromatic rings. The van der Waals surface area contributed by atoms with Crippen LogP contribution >= 0.6 is 0 Å². The van der Waals surface area contributed by atoms with Crippen LogP contribution in [0, 0.1) is 0 Å². The van der Waals surface area contributed by atoms with E-state index >= 15 is 0 Å². The highest BCUT2D eigenvalue weighted by Crippen LogP contribution is 2.32. The molecule has 3 rings (SSSR count). The molecule has 22 heavy (non-hydrogen) atoms. The second-order valence-corrected chi connectivity index (χ2v) is 5.11. The van der Waals surface area contributed by atoms with Crippen molar-refractivity contribution >= 4 is 0 Å². The van der Waals surface area contributed by atoms with Crippen LogP contribution in [0.2, 0.25) is 0 Å². The molecule has 1 N–H and O–H groups in total. The fraction of sp³-hybridized carbons (Fsp3) is 0.167. The summed E-state index contributed by atoms with van der Waals surface area (Å²) in [5.41, 5.74) is 3.06. The Balaban J connectivity index is 1.78. The Kier molecular flexibility index (Phi) is 4.10. The lowest BCUT2D eigenvalue weighted by atomic mass is 10.1. The van der Waals surface area contributed by atoms with Crippen molar-refractivity contribution in [1.29, 1.82) is 0 Å². The summed E-state index contributed by atoms with van der Waals surface area (Å²) in [6.07, 6.45) is 4.70. The Bertz CT molecular complexity index is 751. The Morgan fingerprint density at radius 3 is 2.73 bits per heavy atom. The van der Waals surface area contributed by atoms with Crippen LogP contribution in [-0.4, -0.2) is 22.0 Å². The average molecular weight is 294 g/mol. The summed E-state index contributed by atoms with van der Waals surface area (Å²) in [6.45, 7) is 0.811. The number of phenols is 1. The molecular formula is C18H18N2O2. The molecule has 0 amide bonds. The van der Waals surface area contributed by atoms with E-state index in [-0.39, 0.29) is 5.75 Å². The van der Waals surface area contributed by atoms with Gasteiger partial charge in [0, 0.05) is 23.9 Å². The molecule has 1 aromatic heterocycles. The number of aromatic hydroxyl groups is 1. The number of ether oxygens (including phenoxy) is 1. The minimum absolute atomic E-state index is 0.216. The van der Waals surface area contributed by atoms with E-state index in [1.165, 1.54) is 5.56 Å².